The van der Waals surface area contributed by atoms with Crippen molar-refractivity contribution in [3.05, 3.63) is 65.2 Å². The molecule has 2 N–H and O–H groups in total. The number of likely N-dealkylation sites (tertiary alicyclic amines) is 1. The Kier molecular flexibility index (Phi) is 7.79. The van der Waals surface area contributed by atoms with Crippen LogP contribution in [-0.2, 0) is 13.0 Å². The minimum absolute atomic E-state index is 0.145. The second-order valence-electron chi connectivity index (χ2n) is 7.82. The first kappa shape index (κ1) is 22.9. The van der Waals surface area contributed by atoms with E-state index < -0.39 is 6.36 Å². The van der Waals surface area contributed by atoms with Gasteiger partial charge in [-0.15, -0.1) is 13.2 Å². The zero-order valence-corrected chi connectivity index (χ0v) is 17.5. The molecule has 0 unspecified atom stereocenters. The number of hydrogen-bond donors (Lipinski definition) is 2. The minimum Gasteiger partial charge on any atom is -0.406 e. The van der Waals surface area contributed by atoms with E-state index in [4.69, 9.17) is 0 Å². The molecule has 0 aliphatic carbocycles. The third-order valence-corrected chi connectivity index (χ3v) is 5.43. The third-order valence-electron chi connectivity index (χ3n) is 5.43. The van der Waals surface area contributed by atoms with E-state index in [1.54, 1.807) is 12.1 Å². The minimum atomic E-state index is -4.70. The largest absolute Gasteiger partial charge is 0.573 e. The highest BCUT2D eigenvalue weighted by Crippen LogP contribution is 2.22. The zero-order valence-electron chi connectivity index (χ0n) is 17.5. The van der Waals surface area contributed by atoms with Crippen molar-refractivity contribution in [2.24, 2.45) is 0 Å². The molecule has 0 aromatic heterocycles. The number of hydrogen-bond acceptors (Lipinski definition) is 3. The number of urea groups is 1. The molecule has 2 aromatic carbocycles. The first-order valence-corrected chi connectivity index (χ1v) is 10.4. The Morgan fingerprint density at radius 2 is 1.77 bits per heavy atom. The van der Waals surface area contributed by atoms with Crippen LogP contribution in [0.2, 0.25) is 0 Å². The van der Waals surface area contributed by atoms with Crippen molar-refractivity contribution < 1.29 is 22.7 Å². The number of amides is 2. The van der Waals surface area contributed by atoms with Crippen LogP contribution in [0.4, 0.5) is 18.0 Å². The molecule has 168 valence electrons. The van der Waals surface area contributed by atoms with Crippen molar-refractivity contribution in [1.29, 1.82) is 0 Å². The summed E-state index contributed by atoms with van der Waals surface area (Å²) in [6, 6.07) is 14.0. The molecule has 3 rings (SSSR count). The molecule has 0 spiro atoms. The molecule has 5 nitrogen and oxygen atoms in total. The maximum absolute atomic E-state index is 12.2. The molecule has 2 amide bonds. The first-order valence-electron chi connectivity index (χ1n) is 10.4. The van der Waals surface area contributed by atoms with Crippen molar-refractivity contribution in [1.82, 2.24) is 15.5 Å². The number of halogens is 3. The molecule has 1 aliphatic rings. The van der Waals surface area contributed by atoms with Gasteiger partial charge in [0.05, 0.1) is 0 Å². The number of alkyl halides is 3. The number of aryl methyl sites for hydroxylation is 1. The van der Waals surface area contributed by atoms with E-state index in [-0.39, 0.29) is 17.8 Å². The lowest BCUT2D eigenvalue weighted by Crippen LogP contribution is -2.48. The Labute approximate surface area is 180 Å². The predicted molar refractivity (Wildman–Crippen MR) is 113 cm³/mol. The van der Waals surface area contributed by atoms with Crippen molar-refractivity contribution >= 4 is 6.03 Å². The van der Waals surface area contributed by atoms with Gasteiger partial charge in [0.15, 0.2) is 0 Å². The number of rotatable bonds is 7. The molecule has 1 fully saturated rings. The second kappa shape index (κ2) is 10.5. The summed E-state index contributed by atoms with van der Waals surface area (Å²) in [7, 11) is 0. The van der Waals surface area contributed by atoms with Gasteiger partial charge in [0, 0.05) is 32.2 Å². The fraction of sp³-hybridized carbons (Fsp3) is 0.435. The van der Waals surface area contributed by atoms with Crippen molar-refractivity contribution in [2.45, 2.75) is 45.1 Å². The monoisotopic (exact) mass is 435 g/mol. The van der Waals surface area contributed by atoms with E-state index in [1.807, 2.05) is 6.07 Å². The van der Waals surface area contributed by atoms with E-state index in [0.29, 0.717) is 13.0 Å². The van der Waals surface area contributed by atoms with Gasteiger partial charge in [0.25, 0.3) is 0 Å². The summed E-state index contributed by atoms with van der Waals surface area (Å²) in [5, 5.41) is 5.83. The fourth-order valence-corrected chi connectivity index (χ4v) is 3.68. The van der Waals surface area contributed by atoms with E-state index in [1.165, 1.54) is 23.3 Å². The molecule has 0 radical (unpaired) electrons. The van der Waals surface area contributed by atoms with Gasteiger partial charge in [-0.2, -0.15) is 0 Å². The maximum atomic E-state index is 12.2. The zero-order chi connectivity index (χ0) is 22.3. The quantitative estimate of drug-likeness (QED) is 0.678. The van der Waals surface area contributed by atoms with Gasteiger partial charge in [-0.25, -0.2) is 4.79 Å². The number of nitrogens with one attached hydrogen (secondary N) is 2. The molecule has 0 bridgehead atoms. The van der Waals surface area contributed by atoms with Gasteiger partial charge in [0.1, 0.15) is 5.75 Å². The Bertz CT molecular complexity index is 848. The molecule has 0 saturated carbocycles. The normalized spacial score (nSPS) is 15.5. The predicted octanol–water partition coefficient (Wildman–Crippen LogP) is 4.40. The van der Waals surface area contributed by atoms with Gasteiger partial charge < -0.3 is 15.4 Å². The molecule has 0 atom stereocenters. The second-order valence-corrected chi connectivity index (χ2v) is 7.82. The summed E-state index contributed by atoms with van der Waals surface area (Å²) in [6.45, 7) is 5.33. The van der Waals surface area contributed by atoms with Crippen LogP contribution in [-0.4, -0.2) is 43.0 Å². The number of carbonyl (C=O) groups excluding carboxylic acids is 1. The standard InChI is InChI=1S/C23H28F3N3O2/c1-17-4-2-3-5-19(17)16-29-14-11-20(12-15-29)28-22(30)27-13-10-18-6-8-21(9-7-18)31-23(24,25)26/h2-9,20H,10-16H2,1H3,(H2,27,28,30). The van der Waals surface area contributed by atoms with Gasteiger partial charge in [-0.1, -0.05) is 36.4 Å². The maximum Gasteiger partial charge on any atom is 0.573 e. The van der Waals surface area contributed by atoms with Crippen LogP contribution in [0, 0.1) is 6.92 Å². The van der Waals surface area contributed by atoms with Gasteiger partial charge in [-0.05, 0) is 55.0 Å². The summed E-state index contributed by atoms with van der Waals surface area (Å²) >= 11 is 0. The van der Waals surface area contributed by atoms with Gasteiger partial charge in [0.2, 0.25) is 0 Å². The smallest absolute Gasteiger partial charge is 0.406 e. The van der Waals surface area contributed by atoms with Gasteiger partial charge in [-0.3, -0.25) is 4.90 Å². The van der Waals surface area contributed by atoms with E-state index in [0.717, 1.165) is 38.0 Å². The number of benzene rings is 2. The van der Waals surface area contributed by atoms with Crippen LogP contribution in [0.3, 0.4) is 0 Å². The molecule has 2 aromatic rings. The Morgan fingerprint density at radius 3 is 2.42 bits per heavy atom. The third kappa shape index (κ3) is 7.79. The van der Waals surface area contributed by atoms with Crippen LogP contribution in [0.15, 0.2) is 48.5 Å². The van der Waals surface area contributed by atoms with Gasteiger partial charge >= 0.3 is 12.4 Å². The lowest BCUT2D eigenvalue weighted by molar-refractivity contribution is -0.274. The van der Waals surface area contributed by atoms with Crippen LogP contribution >= 0.6 is 0 Å². The lowest BCUT2D eigenvalue weighted by atomic mass is 10.0. The molecular formula is C23H28F3N3O2. The van der Waals surface area contributed by atoms with Crippen molar-refractivity contribution in [3.8, 4) is 5.75 Å². The van der Waals surface area contributed by atoms with Crippen molar-refractivity contribution in [3.63, 3.8) is 0 Å². The van der Waals surface area contributed by atoms with E-state index in [9.17, 15) is 18.0 Å². The van der Waals surface area contributed by atoms with Crippen molar-refractivity contribution in [2.75, 3.05) is 19.6 Å². The van der Waals surface area contributed by atoms with Crippen LogP contribution in [0.25, 0.3) is 0 Å². The Balaban J connectivity index is 1.33. The van der Waals surface area contributed by atoms with E-state index >= 15 is 0 Å². The Hall–Kier alpha value is -2.74. The molecule has 1 heterocycles. The van der Waals surface area contributed by atoms with Crippen LogP contribution in [0.1, 0.15) is 29.5 Å². The highest BCUT2D eigenvalue weighted by Gasteiger charge is 2.30. The average molecular weight is 435 g/mol. The lowest BCUT2D eigenvalue weighted by Gasteiger charge is -2.32. The van der Waals surface area contributed by atoms with Crippen LogP contribution < -0.4 is 15.4 Å². The molecule has 1 saturated heterocycles. The fourth-order valence-electron chi connectivity index (χ4n) is 3.68. The summed E-state index contributed by atoms with van der Waals surface area (Å²) < 4.78 is 40.4. The topological polar surface area (TPSA) is 53.6 Å². The number of nitrogens with zero attached hydrogens (tertiary/aromatic N) is 1. The highest BCUT2D eigenvalue weighted by molar-refractivity contribution is 5.74. The molecule has 8 heteroatoms. The Morgan fingerprint density at radius 1 is 1.10 bits per heavy atom. The number of piperidine rings is 1. The first-order chi connectivity index (χ1) is 14.8. The highest BCUT2D eigenvalue weighted by atomic mass is 19.4. The van der Waals surface area contributed by atoms with E-state index in [2.05, 4.69) is 45.4 Å². The summed E-state index contributed by atoms with van der Waals surface area (Å²) in [5.41, 5.74) is 3.45. The summed E-state index contributed by atoms with van der Waals surface area (Å²) in [6.07, 6.45) is -2.37. The molecule has 31 heavy (non-hydrogen) atoms. The molecular weight excluding hydrogens is 407 g/mol. The summed E-state index contributed by atoms with van der Waals surface area (Å²) in [5.74, 6) is -0.254. The molecule has 1 aliphatic heterocycles. The summed E-state index contributed by atoms with van der Waals surface area (Å²) in [4.78, 5) is 14.6. The number of carbonyl (C=O) groups is 1. The van der Waals surface area contributed by atoms with Crippen LogP contribution in [0.5, 0.6) is 5.75 Å². The number of ether oxygens (including phenoxy) is 1. The average Bonchev–Trinajstić information content (AvgIpc) is 2.71. The SMILES string of the molecule is Cc1ccccc1CN1CCC(NC(=O)NCCc2ccc(OC(F)(F)F)cc2)CC1.